The van der Waals surface area contributed by atoms with Gasteiger partial charge in [0.2, 0.25) is 11.8 Å². The van der Waals surface area contributed by atoms with Gasteiger partial charge in [0.05, 0.1) is 25.0 Å². The van der Waals surface area contributed by atoms with Crippen LogP contribution in [0, 0.1) is 0 Å². The van der Waals surface area contributed by atoms with Crippen molar-refractivity contribution >= 4 is 11.8 Å². The predicted octanol–water partition coefficient (Wildman–Crippen LogP) is 3.80. The zero-order chi connectivity index (χ0) is 20.3. The quantitative estimate of drug-likeness (QED) is 0.625. The predicted molar refractivity (Wildman–Crippen MR) is 98.1 cm³/mol. The Morgan fingerprint density at radius 3 is 2.57 bits per heavy atom. The number of hydrogen-bond donors (Lipinski definition) is 1. The van der Waals surface area contributed by atoms with E-state index in [0.717, 1.165) is 10.1 Å². The van der Waals surface area contributed by atoms with Crippen LogP contribution in [0.25, 0.3) is 5.69 Å². The third kappa shape index (κ3) is 4.69. The minimum absolute atomic E-state index is 0.0107. The molecule has 28 heavy (non-hydrogen) atoms. The normalized spacial score (nSPS) is 11.6. The number of benzene rings is 1. The van der Waals surface area contributed by atoms with E-state index in [-0.39, 0.29) is 34.8 Å². The van der Waals surface area contributed by atoms with Gasteiger partial charge < -0.3 is 9.84 Å². The summed E-state index contributed by atoms with van der Waals surface area (Å²) in [7, 11) is 0. The van der Waals surface area contributed by atoms with Crippen molar-refractivity contribution in [1.82, 2.24) is 14.1 Å². The van der Waals surface area contributed by atoms with E-state index in [2.05, 4.69) is 4.98 Å². The molecule has 0 unspecified atom stereocenters. The maximum absolute atomic E-state index is 12.7. The van der Waals surface area contributed by atoms with Gasteiger partial charge >= 0.3 is 11.2 Å². The Morgan fingerprint density at radius 2 is 1.93 bits per heavy atom. The summed E-state index contributed by atoms with van der Waals surface area (Å²) in [5, 5.41) is 10.2. The number of alkyl halides is 3. The van der Waals surface area contributed by atoms with Crippen molar-refractivity contribution in [2.75, 3.05) is 6.61 Å². The zero-order valence-electron chi connectivity index (χ0n) is 14.7. The smallest absolute Gasteiger partial charge is 0.446 e. The number of hydrogen-bond acceptors (Lipinski definition) is 5. The first-order valence-electron chi connectivity index (χ1n) is 8.22. The maximum Gasteiger partial charge on any atom is 0.446 e. The minimum Gasteiger partial charge on any atom is -0.493 e. The van der Waals surface area contributed by atoms with E-state index in [1.165, 1.54) is 35.0 Å². The first-order chi connectivity index (χ1) is 13.3. The Morgan fingerprint density at radius 1 is 1.21 bits per heavy atom. The topological polar surface area (TPSA) is 69.3 Å². The molecule has 3 rings (SSSR count). The van der Waals surface area contributed by atoms with E-state index >= 15 is 0 Å². The lowest BCUT2D eigenvalue weighted by molar-refractivity contribution is -0.0328. The van der Waals surface area contributed by atoms with E-state index in [1.807, 2.05) is 6.92 Å². The van der Waals surface area contributed by atoms with Gasteiger partial charge in [0.1, 0.15) is 0 Å². The Balaban J connectivity index is 1.86. The number of pyridine rings is 1. The molecular formula is C18H16F3N3O3S. The van der Waals surface area contributed by atoms with Crippen LogP contribution in [0.3, 0.4) is 0 Å². The Kier molecular flexibility index (Phi) is 5.68. The van der Waals surface area contributed by atoms with Crippen LogP contribution in [0.4, 0.5) is 13.2 Å². The van der Waals surface area contributed by atoms with Gasteiger partial charge in [0.25, 0.3) is 0 Å². The van der Waals surface area contributed by atoms with Crippen molar-refractivity contribution in [2.45, 2.75) is 23.9 Å². The number of ether oxygens (including phenoxy) is 1. The highest BCUT2D eigenvalue weighted by Gasteiger charge is 2.29. The van der Waals surface area contributed by atoms with E-state index < -0.39 is 11.2 Å². The number of aromatic nitrogens is 3. The summed E-state index contributed by atoms with van der Waals surface area (Å²) in [6, 6.07) is 8.58. The van der Waals surface area contributed by atoms with E-state index in [9.17, 15) is 23.1 Å². The molecule has 0 radical (unpaired) electrons. The summed E-state index contributed by atoms with van der Waals surface area (Å²) in [6.45, 7) is 2.45. The molecule has 0 saturated heterocycles. The molecule has 3 aromatic rings. The molecule has 0 aliphatic heterocycles. The van der Waals surface area contributed by atoms with E-state index in [0.29, 0.717) is 12.5 Å². The van der Waals surface area contributed by atoms with Crippen LogP contribution in [-0.2, 0) is 6.54 Å². The molecule has 6 nitrogen and oxygen atoms in total. The fourth-order valence-corrected chi connectivity index (χ4v) is 3.14. The summed E-state index contributed by atoms with van der Waals surface area (Å²) in [4.78, 5) is 16.7. The Hall–Kier alpha value is -2.88. The fraction of sp³-hybridized carbons (Fsp3) is 0.222. The molecule has 1 aromatic carbocycles. The van der Waals surface area contributed by atoms with Crippen molar-refractivity contribution in [3.8, 4) is 17.4 Å². The van der Waals surface area contributed by atoms with Gasteiger partial charge in [-0.1, -0.05) is 0 Å². The summed E-state index contributed by atoms with van der Waals surface area (Å²) in [5.74, 6) is 0.106. The molecule has 0 bridgehead atoms. The second kappa shape index (κ2) is 8.01. The molecule has 148 valence electrons. The molecule has 0 aliphatic rings. The maximum atomic E-state index is 12.7. The molecule has 10 heteroatoms. The summed E-state index contributed by atoms with van der Waals surface area (Å²) >= 11 is -0.248. The van der Waals surface area contributed by atoms with Gasteiger partial charge in [0, 0.05) is 17.2 Å². The van der Waals surface area contributed by atoms with Crippen LogP contribution in [0.2, 0.25) is 0 Å². The molecule has 0 atom stereocenters. The molecule has 0 spiro atoms. The van der Waals surface area contributed by atoms with Crippen LogP contribution >= 0.6 is 11.8 Å². The lowest BCUT2D eigenvalue weighted by Gasteiger charge is -2.07. The third-order valence-electron chi connectivity index (χ3n) is 3.71. The first-order valence-corrected chi connectivity index (χ1v) is 9.03. The van der Waals surface area contributed by atoms with Crippen LogP contribution in [-0.4, -0.2) is 31.3 Å². The summed E-state index contributed by atoms with van der Waals surface area (Å²) in [5.41, 5.74) is -3.91. The second-order valence-corrected chi connectivity index (χ2v) is 6.85. The zero-order valence-corrected chi connectivity index (χ0v) is 15.5. The highest BCUT2D eigenvalue weighted by Crippen LogP contribution is 2.37. The van der Waals surface area contributed by atoms with Crippen LogP contribution in [0.5, 0.6) is 11.8 Å². The Labute approximate surface area is 162 Å². The monoisotopic (exact) mass is 411 g/mol. The SMILES string of the molecule is CCOc1cc(Cn2cc(O)n(-c3ccc(SC(F)(F)F)cc3)c2=O)ccn1. The molecule has 1 N–H and O–H groups in total. The highest BCUT2D eigenvalue weighted by molar-refractivity contribution is 8.00. The van der Waals surface area contributed by atoms with Gasteiger partial charge in [-0.25, -0.2) is 14.3 Å². The number of aromatic hydroxyl groups is 1. The van der Waals surface area contributed by atoms with Crippen molar-refractivity contribution in [3.63, 3.8) is 0 Å². The summed E-state index contributed by atoms with van der Waals surface area (Å²) in [6.07, 6.45) is 2.82. The van der Waals surface area contributed by atoms with Crippen molar-refractivity contribution in [2.24, 2.45) is 0 Å². The van der Waals surface area contributed by atoms with Crippen molar-refractivity contribution in [1.29, 1.82) is 0 Å². The standard InChI is InChI=1S/C18H16F3N3O3S/c1-2-27-15-9-12(7-8-22-15)10-23-11-16(25)24(17(23)26)13-3-5-14(6-4-13)28-18(19,20)21/h3-9,11,25H,2,10H2,1H3. The average Bonchev–Trinajstić information content (AvgIpc) is 2.89. The van der Waals surface area contributed by atoms with Gasteiger partial charge in [-0.3, -0.25) is 4.57 Å². The molecule has 0 amide bonds. The average molecular weight is 411 g/mol. The Bertz CT molecular complexity index is 1010. The summed E-state index contributed by atoms with van der Waals surface area (Å²) < 4.78 is 44.9. The van der Waals surface area contributed by atoms with Gasteiger partial charge in [-0.2, -0.15) is 13.2 Å². The number of nitrogens with zero attached hydrogens (tertiary/aromatic N) is 3. The van der Waals surface area contributed by atoms with Crippen molar-refractivity contribution < 1.29 is 23.0 Å². The minimum atomic E-state index is -4.39. The lowest BCUT2D eigenvalue weighted by Crippen LogP contribution is -2.23. The molecule has 2 heterocycles. The highest BCUT2D eigenvalue weighted by atomic mass is 32.2. The largest absolute Gasteiger partial charge is 0.493 e. The number of imidazole rings is 1. The molecule has 0 saturated carbocycles. The van der Waals surface area contributed by atoms with Crippen LogP contribution < -0.4 is 10.4 Å². The number of rotatable bonds is 6. The number of halogens is 3. The van der Waals surface area contributed by atoms with Crippen molar-refractivity contribution in [3.05, 3.63) is 64.8 Å². The second-order valence-electron chi connectivity index (χ2n) is 5.71. The first kappa shape index (κ1) is 19.9. The van der Waals surface area contributed by atoms with Gasteiger partial charge in [-0.05, 0) is 54.6 Å². The van der Waals surface area contributed by atoms with Crippen LogP contribution in [0.15, 0.2) is 58.5 Å². The molecule has 0 aliphatic carbocycles. The molecule has 2 aromatic heterocycles. The third-order valence-corrected chi connectivity index (χ3v) is 4.45. The van der Waals surface area contributed by atoms with E-state index in [1.54, 1.807) is 18.3 Å². The van der Waals surface area contributed by atoms with Crippen LogP contribution in [0.1, 0.15) is 12.5 Å². The van der Waals surface area contributed by atoms with Gasteiger partial charge in [-0.15, -0.1) is 0 Å². The van der Waals surface area contributed by atoms with E-state index in [4.69, 9.17) is 4.74 Å². The molecule has 0 fully saturated rings. The lowest BCUT2D eigenvalue weighted by atomic mass is 10.2. The van der Waals surface area contributed by atoms with Gasteiger partial charge in [0.15, 0.2) is 0 Å². The fourth-order valence-electron chi connectivity index (χ4n) is 2.60. The number of thioether (sulfide) groups is 1. The molecular weight excluding hydrogens is 395 g/mol.